The number of rotatable bonds is 1. The molecule has 2 amide bonds. The molecule has 0 fully saturated rings. The fourth-order valence-corrected chi connectivity index (χ4v) is 0.652. The van der Waals surface area contributed by atoms with Crippen molar-refractivity contribution in [1.29, 1.82) is 0 Å². The molecule has 1 aromatic rings. The largest absolute Gasteiger partial charge is 0.465 e. The third-order valence-electron chi connectivity index (χ3n) is 1.32. The van der Waals surface area contributed by atoms with Crippen molar-refractivity contribution in [3.63, 3.8) is 0 Å². The molecule has 0 radical (unpaired) electrons. The van der Waals surface area contributed by atoms with Crippen LogP contribution in [-0.2, 0) is 0 Å². The van der Waals surface area contributed by atoms with Crippen LogP contribution in [0.3, 0.4) is 0 Å². The molecule has 0 aliphatic heterocycles. The van der Waals surface area contributed by atoms with Crippen LogP contribution >= 0.6 is 12.4 Å². The van der Waals surface area contributed by atoms with Gasteiger partial charge in [0, 0.05) is 7.05 Å². The summed E-state index contributed by atoms with van der Waals surface area (Å²) in [6.07, 6.45) is -0.000433. The highest BCUT2D eigenvalue weighted by molar-refractivity contribution is 6.00. The molecule has 1 rings (SSSR count). The molecule has 5 nitrogen and oxygen atoms in total. The van der Waals surface area contributed by atoms with Gasteiger partial charge in [-0.1, -0.05) is 0 Å². The molecule has 1 N–H and O–H groups in total. The number of nitrogens with zero attached hydrogens (tertiary/aromatic N) is 1. The summed E-state index contributed by atoms with van der Waals surface area (Å²) in [5.74, 6) is -0.660. The van der Waals surface area contributed by atoms with Gasteiger partial charge in [0.05, 0.1) is 6.26 Å². The molecule has 6 heteroatoms. The molecule has 0 atom stereocenters. The third-order valence-corrected chi connectivity index (χ3v) is 1.32. The molecule has 13 heavy (non-hydrogen) atoms. The second kappa shape index (κ2) is 4.51. The van der Waals surface area contributed by atoms with E-state index in [4.69, 9.17) is 9.52 Å². The van der Waals surface area contributed by atoms with Crippen LogP contribution in [0.2, 0.25) is 0 Å². The van der Waals surface area contributed by atoms with Crippen molar-refractivity contribution >= 4 is 24.4 Å². The fraction of sp³-hybridized carbons (Fsp3) is 0.143. The lowest BCUT2D eigenvalue weighted by Gasteiger charge is -2.07. The molecule has 1 heterocycles. The zero-order valence-electron chi connectivity index (χ0n) is 6.76. The van der Waals surface area contributed by atoms with E-state index >= 15 is 0 Å². The Kier molecular flexibility index (Phi) is 4.00. The molecule has 0 unspecified atom stereocenters. The van der Waals surface area contributed by atoms with Gasteiger partial charge in [0.2, 0.25) is 0 Å². The first-order chi connectivity index (χ1) is 5.63. The van der Waals surface area contributed by atoms with E-state index < -0.39 is 12.0 Å². The number of hydrogen-bond donors (Lipinski definition) is 1. The summed E-state index contributed by atoms with van der Waals surface area (Å²) in [5.41, 5.74) is 0. The van der Waals surface area contributed by atoms with Crippen LogP contribution in [0.15, 0.2) is 22.8 Å². The van der Waals surface area contributed by atoms with E-state index in [1.165, 1.54) is 18.4 Å². The van der Waals surface area contributed by atoms with Crippen molar-refractivity contribution in [1.82, 2.24) is 4.90 Å². The molecule has 1 aromatic heterocycles. The minimum Gasteiger partial charge on any atom is -0.465 e. The Morgan fingerprint density at radius 1 is 1.54 bits per heavy atom. The Hall–Kier alpha value is -1.49. The van der Waals surface area contributed by atoms with Gasteiger partial charge in [-0.3, -0.25) is 4.79 Å². The van der Waals surface area contributed by atoms with Gasteiger partial charge in [-0.05, 0) is 12.1 Å². The number of amides is 2. The second-order valence-corrected chi connectivity index (χ2v) is 2.12. The average molecular weight is 206 g/mol. The van der Waals surface area contributed by atoms with Crippen LogP contribution in [0.1, 0.15) is 10.6 Å². The third kappa shape index (κ3) is 2.48. The van der Waals surface area contributed by atoms with Crippen molar-refractivity contribution in [2.75, 3.05) is 7.05 Å². The average Bonchev–Trinajstić information content (AvgIpc) is 2.53. The normalized spacial score (nSPS) is 8.69. The quantitative estimate of drug-likeness (QED) is 0.753. The lowest BCUT2D eigenvalue weighted by Crippen LogP contribution is -2.31. The molecule has 0 saturated heterocycles. The van der Waals surface area contributed by atoms with Crippen molar-refractivity contribution in [2.45, 2.75) is 0 Å². The number of furan rings is 1. The Labute approximate surface area is 80.4 Å². The summed E-state index contributed by atoms with van der Waals surface area (Å²) in [6.45, 7) is 0. The molecule has 0 saturated carbocycles. The number of hydrogen-bond acceptors (Lipinski definition) is 3. The maximum atomic E-state index is 11.1. The maximum Gasteiger partial charge on any atom is 0.414 e. The van der Waals surface area contributed by atoms with Gasteiger partial charge in [0.1, 0.15) is 0 Å². The first-order valence-electron chi connectivity index (χ1n) is 3.17. The SMILES string of the molecule is CN(C(=O)O)C(=O)c1ccco1.Cl. The van der Waals surface area contributed by atoms with E-state index in [1.54, 1.807) is 0 Å². The number of halogens is 1. The van der Waals surface area contributed by atoms with Gasteiger partial charge in [0.25, 0.3) is 5.91 Å². The second-order valence-electron chi connectivity index (χ2n) is 2.12. The molecule has 0 aliphatic rings. The lowest BCUT2D eigenvalue weighted by atomic mass is 10.4. The highest BCUT2D eigenvalue weighted by atomic mass is 35.5. The van der Waals surface area contributed by atoms with Crippen LogP contribution in [0.4, 0.5) is 4.79 Å². The highest BCUT2D eigenvalue weighted by Gasteiger charge is 2.19. The van der Waals surface area contributed by atoms with Crippen LogP contribution in [0, 0.1) is 0 Å². The molecule has 72 valence electrons. The number of carbonyl (C=O) groups excluding carboxylic acids is 1. The molecule has 0 bridgehead atoms. The first kappa shape index (κ1) is 11.5. The summed E-state index contributed by atoms with van der Waals surface area (Å²) in [6, 6.07) is 2.92. The molecular weight excluding hydrogens is 198 g/mol. The summed E-state index contributed by atoms with van der Waals surface area (Å²) in [4.78, 5) is 22.0. The van der Waals surface area contributed by atoms with Gasteiger partial charge < -0.3 is 9.52 Å². The summed E-state index contributed by atoms with van der Waals surface area (Å²) in [5, 5.41) is 8.41. The molecular formula is C7H8ClNO4. The van der Waals surface area contributed by atoms with E-state index in [9.17, 15) is 9.59 Å². The van der Waals surface area contributed by atoms with Gasteiger partial charge in [-0.2, -0.15) is 0 Å². The minimum absolute atomic E-state index is 0. The van der Waals surface area contributed by atoms with E-state index in [1.807, 2.05) is 0 Å². The van der Waals surface area contributed by atoms with Gasteiger partial charge in [-0.25, -0.2) is 9.69 Å². The van der Waals surface area contributed by atoms with Crippen molar-refractivity contribution < 1.29 is 19.1 Å². The summed E-state index contributed by atoms with van der Waals surface area (Å²) < 4.78 is 4.71. The van der Waals surface area contributed by atoms with Crippen LogP contribution < -0.4 is 0 Å². The fourth-order valence-electron chi connectivity index (χ4n) is 0.652. The zero-order chi connectivity index (χ0) is 9.14. The van der Waals surface area contributed by atoms with Crippen LogP contribution in [-0.4, -0.2) is 29.1 Å². The van der Waals surface area contributed by atoms with Crippen LogP contribution in [0.25, 0.3) is 0 Å². The monoisotopic (exact) mass is 205 g/mol. The minimum atomic E-state index is -1.31. The predicted octanol–water partition coefficient (Wildman–Crippen LogP) is 1.45. The van der Waals surface area contributed by atoms with Crippen molar-refractivity contribution in [3.05, 3.63) is 24.2 Å². The maximum absolute atomic E-state index is 11.1. The van der Waals surface area contributed by atoms with E-state index in [-0.39, 0.29) is 18.2 Å². The zero-order valence-corrected chi connectivity index (χ0v) is 7.58. The standard InChI is InChI=1S/C7H7NO4.ClH/c1-8(7(10)11)6(9)5-3-2-4-12-5;/h2-4H,1H3,(H,10,11);1H. The predicted molar refractivity (Wildman–Crippen MR) is 46.1 cm³/mol. The highest BCUT2D eigenvalue weighted by Crippen LogP contribution is 2.03. The number of carbonyl (C=O) groups is 2. The van der Waals surface area contributed by atoms with Crippen molar-refractivity contribution in [2.24, 2.45) is 0 Å². The smallest absolute Gasteiger partial charge is 0.414 e. The van der Waals surface area contributed by atoms with Gasteiger partial charge in [0.15, 0.2) is 5.76 Å². The van der Waals surface area contributed by atoms with Crippen LogP contribution in [0.5, 0.6) is 0 Å². The Bertz CT molecular complexity index is 295. The van der Waals surface area contributed by atoms with E-state index in [0.29, 0.717) is 4.90 Å². The van der Waals surface area contributed by atoms with E-state index in [0.717, 1.165) is 7.05 Å². The molecule has 0 spiro atoms. The Morgan fingerprint density at radius 3 is 2.54 bits per heavy atom. The van der Waals surface area contributed by atoms with Gasteiger partial charge in [-0.15, -0.1) is 12.4 Å². The molecule has 0 aliphatic carbocycles. The van der Waals surface area contributed by atoms with E-state index in [2.05, 4.69) is 0 Å². The molecule has 0 aromatic carbocycles. The Balaban J connectivity index is 0.00000144. The van der Waals surface area contributed by atoms with Gasteiger partial charge >= 0.3 is 6.09 Å². The summed E-state index contributed by atoms with van der Waals surface area (Å²) in [7, 11) is 1.16. The number of carboxylic acid groups (broad SMARTS) is 1. The first-order valence-corrected chi connectivity index (χ1v) is 3.17. The number of imide groups is 1. The Morgan fingerprint density at radius 2 is 2.15 bits per heavy atom. The topological polar surface area (TPSA) is 70.8 Å². The van der Waals surface area contributed by atoms with Crippen molar-refractivity contribution in [3.8, 4) is 0 Å². The lowest BCUT2D eigenvalue weighted by molar-refractivity contribution is 0.0752. The summed E-state index contributed by atoms with van der Waals surface area (Å²) >= 11 is 0.